The minimum atomic E-state index is -4.15. The highest BCUT2D eigenvalue weighted by Crippen LogP contribution is 2.25. The summed E-state index contributed by atoms with van der Waals surface area (Å²) in [5.41, 5.74) is 2.77. The summed E-state index contributed by atoms with van der Waals surface area (Å²) in [4.78, 5) is 12.9. The van der Waals surface area contributed by atoms with Crippen LogP contribution in [0, 0.1) is 19.7 Å². The number of nitrogens with zero attached hydrogens (tertiary/aromatic N) is 1. The van der Waals surface area contributed by atoms with Crippen molar-refractivity contribution in [2.24, 2.45) is 0 Å². The van der Waals surface area contributed by atoms with E-state index in [1.807, 2.05) is 19.9 Å². The number of carbonyl (C=O) groups excluding carboxylic acids is 1. The van der Waals surface area contributed by atoms with Gasteiger partial charge < -0.3 is 5.32 Å². The third-order valence-corrected chi connectivity index (χ3v) is 9.13. The van der Waals surface area contributed by atoms with Gasteiger partial charge in [-0.05, 0) is 97.8 Å². The minimum Gasteiger partial charge on any atom is -0.325 e. The van der Waals surface area contributed by atoms with Gasteiger partial charge in [0.15, 0.2) is 0 Å². The smallest absolute Gasteiger partial charge is 0.264 e. The van der Waals surface area contributed by atoms with Crippen LogP contribution in [0.1, 0.15) is 11.1 Å². The maximum Gasteiger partial charge on any atom is 0.264 e. The number of hydrogen-bond donors (Lipinski definition) is 2. The normalized spacial score (nSPS) is 11.6. The first kappa shape index (κ1) is 27.8. The van der Waals surface area contributed by atoms with Crippen LogP contribution in [0.4, 0.5) is 21.5 Å². The first-order valence-corrected chi connectivity index (χ1v) is 14.7. The van der Waals surface area contributed by atoms with Crippen LogP contribution < -0.4 is 14.3 Å². The van der Waals surface area contributed by atoms with Crippen LogP contribution in [0.3, 0.4) is 0 Å². The fraction of sp³-hybridized carbons (Fsp3) is 0.107. The second kappa shape index (κ2) is 11.3. The van der Waals surface area contributed by atoms with E-state index in [0.29, 0.717) is 5.69 Å². The van der Waals surface area contributed by atoms with Crippen LogP contribution in [0.5, 0.6) is 0 Å². The predicted octanol–water partition coefficient (Wildman–Crippen LogP) is 5.08. The zero-order valence-corrected chi connectivity index (χ0v) is 22.8. The number of sulfonamides is 2. The van der Waals surface area contributed by atoms with E-state index >= 15 is 0 Å². The van der Waals surface area contributed by atoms with Gasteiger partial charge in [0.2, 0.25) is 5.91 Å². The molecule has 0 saturated carbocycles. The number of aryl methyl sites for hydroxylation is 2. The molecule has 1 amide bonds. The van der Waals surface area contributed by atoms with E-state index in [1.165, 1.54) is 48.5 Å². The standard InChI is InChI=1S/C28H26FN3O5S2/c1-20-8-11-24(18-21(20)2)31-38(34,35)26-16-12-23(13-17-26)30-28(33)19-32(25-14-9-22(29)10-15-25)39(36,37)27-6-4-3-5-7-27/h3-18,31H,19H2,1-2H3,(H,30,33). The van der Waals surface area contributed by atoms with Gasteiger partial charge in [0.05, 0.1) is 15.5 Å². The molecule has 0 saturated heterocycles. The van der Waals surface area contributed by atoms with E-state index in [1.54, 1.807) is 30.3 Å². The number of anilines is 3. The van der Waals surface area contributed by atoms with Gasteiger partial charge in [-0.2, -0.15) is 0 Å². The van der Waals surface area contributed by atoms with Crippen LogP contribution >= 0.6 is 0 Å². The van der Waals surface area contributed by atoms with Gasteiger partial charge in [0, 0.05) is 11.4 Å². The van der Waals surface area contributed by atoms with Crippen LogP contribution in [0.15, 0.2) is 107 Å². The van der Waals surface area contributed by atoms with Crippen molar-refractivity contribution >= 4 is 43.0 Å². The Hall–Kier alpha value is -4.22. The Labute approximate surface area is 227 Å². The second-order valence-corrected chi connectivity index (χ2v) is 12.3. The number of amides is 1. The molecule has 0 aromatic heterocycles. The summed E-state index contributed by atoms with van der Waals surface area (Å²) >= 11 is 0. The molecule has 0 heterocycles. The predicted molar refractivity (Wildman–Crippen MR) is 149 cm³/mol. The molecule has 0 aliphatic carbocycles. The SMILES string of the molecule is Cc1ccc(NS(=O)(=O)c2ccc(NC(=O)CN(c3ccc(F)cc3)S(=O)(=O)c3ccccc3)cc2)cc1C. The molecule has 0 aliphatic rings. The highest BCUT2D eigenvalue weighted by Gasteiger charge is 2.27. The maximum atomic E-state index is 13.5. The molecular formula is C28H26FN3O5S2. The Kier molecular flexibility index (Phi) is 8.03. The molecule has 4 aromatic rings. The van der Waals surface area contributed by atoms with Crippen molar-refractivity contribution in [1.82, 2.24) is 0 Å². The van der Waals surface area contributed by atoms with Crippen LogP contribution in [0.2, 0.25) is 0 Å². The summed E-state index contributed by atoms with van der Waals surface area (Å²) in [7, 11) is -8.03. The molecular weight excluding hydrogens is 541 g/mol. The second-order valence-electron chi connectivity index (χ2n) is 8.78. The monoisotopic (exact) mass is 567 g/mol. The molecule has 0 atom stereocenters. The van der Waals surface area contributed by atoms with Gasteiger partial charge in [0.1, 0.15) is 12.4 Å². The molecule has 2 N–H and O–H groups in total. The highest BCUT2D eigenvalue weighted by atomic mass is 32.2. The Morgan fingerprint density at radius 3 is 1.97 bits per heavy atom. The first-order valence-electron chi connectivity index (χ1n) is 11.8. The zero-order chi connectivity index (χ0) is 28.2. The van der Waals surface area contributed by atoms with Gasteiger partial charge in [-0.1, -0.05) is 24.3 Å². The number of nitrogens with one attached hydrogen (secondary N) is 2. The summed E-state index contributed by atoms with van der Waals surface area (Å²) in [5, 5.41) is 2.58. The molecule has 0 fully saturated rings. The van der Waals surface area contributed by atoms with Gasteiger partial charge >= 0.3 is 0 Å². The summed E-state index contributed by atoms with van der Waals surface area (Å²) < 4.78 is 69.2. The Balaban J connectivity index is 1.51. The van der Waals surface area contributed by atoms with Crippen LogP contribution in [-0.2, 0) is 24.8 Å². The molecule has 202 valence electrons. The summed E-state index contributed by atoms with van der Waals surface area (Å²) in [6, 6.07) is 23.0. The van der Waals surface area contributed by atoms with Crippen molar-refractivity contribution in [3.8, 4) is 0 Å². The lowest BCUT2D eigenvalue weighted by atomic mass is 10.1. The Bertz CT molecular complexity index is 1690. The molecule has 0 radical (unpaired) electrons. The summed E-state index contributed by atoms with van der Waals surface area (Å²) in [5.74, 6) is -1.23. The quantitative estimate of drug-likeness (QED) is 0.293. The zero-order valence-electron chi connectivity index (χ0n) is 21.1. The van der Waals surface area contributed by atoms with E-state index in [-0.39, 0.29) is 21.2 Å². The van der Waals surface area contributed by atoms with E-state index in [2.05, 4.69) is 10.0 Å². The molecule has 0 spiro atoms. The molecule has 4 aromatic carbocycles. The summed E-state index contributed by atoms with van der Waals surface area (Å²) in [6.07, 6.45) is 0. The number of benzene rings is 4. The largest absolute Gasteiger partial charge is 0.325 e. The van der Waals surface area contributed by atoms with E-state index in [4.69, 9.17) is 0 Å². The number of halogens is 1. The van der Waals surface area contributed by atoms with Crippen molar-refractivity contribution in [1.29, 1.82) is 0 Å². The lowest BCUT2D eigenvalue weighted by molar-refractivity contribution is -0.114. The van der Waals surface area contributed by atoms with E-state index < -0.39 is 38.3 Å². The molecule has 4 rings (SSSR count). The average Bonchev–Trinajstić information content (AvgIpc) is 2.90. The van der Waals surface area contributed by atoms with Crippen LogP contribution in [-0.4, -0.2) is 29.3 Å². The molecule has 0 unspecified atom stereocenters. The lowest BCUT2D eigenvalue weighted by Crippen LogP contribution is -2.38. The fourth-order valence-corrected chi connectivity index (χ4v) is 6.20. The number of carbonyl (C=O) groups is 1. The lowest BCUT2D eigenvalue weighted by Gasteiger charge is -2.24. The number of rotatable bonds is 9. The van der Waals surface area contributed by atoms with Gasteiger partial charge in [-0.15, -0.1) is 0 Å². The van der Waals surface area contributed by atoms with Gasteiger partial charge in [-0.25, -0.2) is 21.2 Å². The van der Waals surface area contributed by atoms with Gasteiger partial charge in [-0.3, -0.25) is 13.8 Å². The topological polar surface area (TPSA) is 113 Å². The van der Waals surface area contributed by atoms with Crippen molar-refractivity contribution in [2.75, 3.05) is 20.9 Å². The molecule has 39 heavy (non-hydrogen) atoms. The third-order valence-electron chi connectivity index (χ3n) is 5.94. The fourth-order valence-electron chi connectivity index (χ4n) is 3.71. The first-order chi connectivity index (χ1) is 18.5. The number of hydrogen-bond acceptors (Lipinski definition) is 5. The van der Waals surface area contributed by atoms with Crippen molar-refractivity contribution < 1.29 is 26.0 Å². The molecule has 11 heteroatoms. The Morgan fingerprint density at radius 1 is 0.744 bits per heavy atom. The maximum absolute atomic E-state index is 13.5. The van der Waals surface area contributed by atoms with E-state index in [9.17, 15) is 26.0 Å². The third kappa shape index (κ3) is 6.62. The van der Waals surface area contributed by atoms with Crippen molar-refractivity contribution in [3.63, 3.8) is 0 Å². The van der Waals surface area contributed by atoms with Crippen molar-refractivity contribution in [3.05, 3.63) is 114 Å². The van der Waals surface area contributed by atoms with E-state index in [0.717, 1.165) is 27.6 Å². The van der Waals surface area contributed by atoms with Crippen molar-refractivity contribution in [2.45, 2.75) is 23.6 Å². The minimum absolute atomic E-state index is 0.0154. The highest BCUT2D eigenvalue weighted by molar-refractivity contribution is 7.93. The Morgan fingerprint density at radius 2 is 1.36 bits per heavy atom. The summed E-state index contributed by atoms with van der Waals surface area (Å²) in [6.45, 7) is 3.21. The molecule has 0 bridgehead atoms. The average molecular weight is 568 g/mol. The molecule has 0 aliphatic heterocycles. The van der Waals surface area contributed by atoms with Crippen LogP contribution in [0.25, 0.3) is 0 Å². The van der Waals surface area contributed by atoms with Gasteiger partial charge in [0.25, 0.3) is 20.0 Å². The molecule has 8 nitrogen and oxygen atoms in total.